The van der Waals surface area contributed by atoms with E-state index in [1.54, 1.807) is 0 Å². The van der Waals surface area contributed by atoms with Crippen LogP contribution in [0, 0.1) is 5.82 Å². The third kappa shape index (κ3) is 3.69. The smallest absolute Gasteiger partial charge is 0.347 e. The Morgan fingerprint density at radius 1 is 1.25 bits per heavy atom. The lowest BCUT2D eigenvalue weighted by atomic mass is 10.1. The zero-order chi connectivity index (χ0) is 15.5. The van der Waals surface area contributed by atoms with E-state index in [-0.39, 0.29) is 0 Å². The summed E-state index contributed by atoms with van der Waals surface area (Å²) < 4.78 is 51.1. The lowest BCUT2D eigenvalue weighted by Gasteiger charge is -2.13. The van der Waals surface area contributed by atoms with E-state index < -0.39 is 41.5 Å². The van der Waals surface area contributed by atoms with Crippen molar-refractivity contribution < 1.29 is 27.2 Å². The fourth-order valence-electron chi connectivity index (χ4n) is 1.34. The summed E-state index contributed by atoms with van der Waals surface area (Å²) >= 11 is 0. The normalized spacial score (nSPS) is 11.1. The van der Waals surface area contributed by atoms with E-state index in [0.29, 0.717) is 6.07 Å². The van der Waals surface area contributed by atoms with Gasteiger partial charge in [-0.1, -0.05) is 6.07 Å². The maximum atomic E-state index is 13.6. The van der Waals surface area contributed by atoms with Crippen molar-refractivity contribution in [2.45, 2.75) is 6.18 Å². The number of benzene rings is 1. The average molecular weight is 292 g/mol. The molecule has 0 bridgehead atoms. The van der Waals surface area contributed by atoms with E-state index in [9.17, 15) is 27.2 Å². The lowest BCUT2D eigenvalue weighted by Crippen LogP contribution is -2.36. The number of nitrogens with zero attached hydrogens (tertiary/aromatic N) is 1. The number of alkyl halides is 3. The number of amides is 2. The predicted octanol–water partition coefficient (Wildman–Crippen LogP) is 1.66. The Morgan fingerprint density at radius 2 is 1.85 bits per heavy atom. The van der Waals surface area contributed by atoms with Crippen LogP contribution in [0.4, 0.5) is 17.6 Å². The fraction of sp³-hybridized carbons (Fsp3) is 0.333. The second kappa shape index (κ2) is 5.89. The maximum absolute atomic E-state index is 13.6. The van der Waals surface area contributed by atoms with Gasteiger partial charge in [-0.3, -0.25) is 9.59 Å². The van der Waals surface area contributed by atoms with Crippen LogP contribution in [0.1, 0.15) is 15.9 Å². The Labute approximate surface area is 112 Å². The molecule has 0 spiro atoms. The minimum absolute atomic E-state index is 0.429. The molecule has 0 unspecified atom stereocenters. The molecule has 0 aliphatic carbocycles. The third-order valence-electron chi connectivity index (χ3n) is 2.45. The maximum Gasteiger partial charge on any atom is 0.419 e. The number of hydrogen-bond donors (Lipinski definition) is 1. The summed E-state index contributed by atoms with van der Waals surface area (Å²) in [6.07, 6.45) is -4.89. The van der Waals surface area contributed by atoms with Crippen molar-refractivity contribution in [2.24, 2.45) is 0 Å². The summed E-state index contributed by atoms with van der Waals surface area (Å²) in [6, 6.07) is 2.38. The summed E-state index contributed by atoms with van der Waals surface area (Å²) in [4.78, 5) is 24.0. The van der Waals surface area contributed by atoms with Crippen molar-refractivity contribution in [2.75, 3.05) is 20.6 Å². The highest BCUT2D eigenvalue weighted by Gasteiger charge is 2.35. The molecule has 0 aliphatic heterocycles. The Balaban J connectivity index is 2.92. The van der Waals surface area contributed by atoms with Crippen LogP contribution in [0.3, 0.4) is 0 Å². The molecule has 4 nitrogen and oxygen atoms in total. The highest BCUT2D eigenvalue weighted by atomic mass is 19.4. The number of hydrogen-bond acceptors (Lipinski definition) is 2. The van der Waals surface area contributed by atoms with Crippen LogP contribution in [0.5, 0.6) is 0 Å². The minimum Gasteiger partial charge on any atom is -0.347 e. The van der Waals surface area contributed by atoms with Gasteiger partial charge in [0, 0.05) is 14.1 Å². The molecule has 0 aromatic heterocycles. The van der Waals surface area contributed by atoms with Crippen molar-refractivity contribution in [3.05, 3.63) is 35.1 Å². The SMILES string of the molecule is CN(C)C(=O)CNC(=O)c1cccc(C(F)(F)F)c1F. The van der Waals surface area contributed by atoms with Crippen LogP contribution in [0.15, 0.2) is 18.2 Å². The molecule has 1 aromatic carbocycles. The summed E-state index contributed by atoms with van der Waals surface area (Å²) in [7, 11) is 2.89. The molecule has 8 heteroatoms. The first kappa shape index (κ1) is 15.9. The summed E-state index contributed by atoms with van der Waals surface area (Å²) in [5, 5.41) is 2.06. The van der Waals surface area contributed by atoms with E-state index in [1.807, 2.05) is 0 Å². The minimum atomic E-state index is -4.89. The number of likely N-dealkylation sites (N-methyl/N-ethyl adjacent to an activating group) is 1. The predicted molar refractivity (Wildman–Crippen MR) is 62.4 cm³/mol. The van der Waals surface area contributed by atoms with Gasteiger partial charge in [0.05, 0.1) is 17.7 Å². The van der Waals surface area contributed by atoms with Gasteiger partial charge in [0.25, 0.3) is 5.91 Å². The number of nitrogens with one attached hydrogen (secondary N) is 1. The van der Waals surface area contributed by atoms with Crippen LogP contribution >= 0.6 is 0 Å². The largest absolute Gasteiger partial charge is 0.419 e. The third-order valence-corrected chi connectivity index (χ3v) is 2.45. The molecule has 1 N–H and O–H groups in total. The highest BCUT2D eigenvalue weighted by Crippen LogP contribution is 2.32. The molecule has 0 saturated carbocycles. The van der Waals surface area contributed by atoms with Crippen LogP contribution in [-0.2, 0) is 11.0 Å². The zero-order valence-electron chi connectivity index (χ0n) is 10.7. The Morgan fingerprint density at radius 3 is 2.35 bits per heavy atom. The van der Waals surface area contributed by atoms with Crippen LogP contribution in [-0.4, -0.2) is 37.4 Å². The Kier molecular flexibility index (Phi) is 4.69. The van der Waals surface area contributed by atoms with Gasteiger partial charge >= 0.3 is 6.18 Å². The lowest BCUT2D eigenvalue weighted by molar-refractivity contribution is -0.140. The first-order valence-corrected chi connectivity index (χ1v) is 5.48. The highest BCUT2D eigenvalue weighted by molar-refractivity contribution is 5.96. The molecule has 2 amide bonds. The molecule has 0 radical (unpaired) electrons. The van der Waals surface area contributed by atoms with Crippen LogP contribution in [0.2, 0.25) is 0 Å². The standard InChI is InChI=1S/C12H12F4N2O2/c1-18(2)9(19)6-17-11(20)7-4-3-5-8(10(7)13)12(14,15)16/h3-5H,6H2,1-2H3,(H,17,20). The van der Waals surface area contributed by atoms with E-state index in [4.69, 9.17) is 0 Å². The first-order chi connectivity index (χ1) is 9.14. The van der Waals surface area contributed by atoms with Crippen LogP contribution < -0.4 is 5.32 Å². The van der Waals surface area contributed by atoms with Crippen molar-refractivity contribution in [1.29, 1.82) is 0 Å². The topological polar surface area (TPSA) is 49.4 Å². The Bertz CT molecular complexity index is 527. The fourth-order valence-corrected chi connectivity index (χ4v) is 1.34. The molecule has 0 aliphatic rings. The van der Waals surface area contributed by atoms with Crippen molar-refractivity contribution >= 4 is 11.8 Å². The second-order valence-electron chi connectivity index (χ2n) is 4.14. The van der Waals surface area contributed by atoms with Gasteiger partial charge in [0.15, 0.2) is 0 Å². The molecule has 110 valence electrons. The van der Waals surface area contributed by atoms with Crippen molar-refractivity contribution in [1.82, 2.24) is 10.2 Å². The monoisotopic (exact) mass is 292 g/mol. The van der Waals surface area contributed by atoms with Gasteiger partial charge in [0.1, 0.15) is 5.82 Å². The quantitative estimate of drug-likeness (QED) is 0.861. The summed E-state index contributed by atoms with van der Waals surface area (Å²) in [5.41, 5.74) is -2.28. The summed E-state index contributed by atoms with van der Waals surface area (Å²) in [6.45, 7) is -0.429. The Hall–Kier alpha value is -2.12. The van der Waals surface area contributed by atoms with Gasteiger partial charge in [0.2, 0.25) is 5.91 Å². The number of carbonyl (C=O) groups excluding carboxylic acids is 2. The van der Waals surface area contributed by atoms with E-state index in [2.05, 4.69) is 5.32 Å². The van der Waals surface area contributed by atoms with Gasteiger partial charge in [-0.15, -0.1) is 0 Å². The van der Waals surface area contributed by atoms with E-state index in [1.165, 1.54) is 19.0 Å². The zero-order valence-corrected chi connectivity index (χ0v) is 10.7. The number of carbonyl (C=O) groups is 2. The molecule has 20 heavy (non-hydrogen) atoms. The molecule has 0 heterocycles. The average Bonchev–Trinajstić information content (AvgIpc) is 2.34. The van der Waals surface area contributed by atoms with Gasteiger partial charge < -0.3 is 10.2 Å². The molecule has 0 saturated heterocycles. The van der Waals surface area contributed by atoms with Crippen molar-refractivity contribution in [3.8, 4) is 0 Å². The molecule has 0 fully saturated rings. The van der Waals surface area contributed by atoms with E-state index in [0.717, 1.165) is 12.1 Å². The second-order valence-corrected chi connectivity index (χ2v) is 4.14. The van der Waals surface area contributed by atoms with Crippen LogP contribution in [0.25, 0.3) is 0 Å². The molecule has 1 aromatic rings. The number of halogens is 4. The van der Waals surface area contributed by atoms with Gasteiger partial charge in [-0.2, -0.15) is 13.2 Å². The molecular formula is C12H12F4N2O2. The van der Waals surface area contributed by atoms with Gasteiger partial charge in [-0.25, -0.2) is 4.39 Å². The molecular weight excluding hydrogens is 280 g/mol. The summed E-state index contributed by atoms with van der Waals surface area (Å²) in [5.74, 6) is -3.20. The van der Waals surface area contributed by atoms with Gasteiger partial charge in [-0.05, 0) is 12.1 Å². The number of rotatable bonds is 3. The molecule has 1 rings (SSSR count). The molecule has 0 atom stereocenters. The van der Waals surface area contributed by atoms with Crippen molar-refractivity contribution in [3.63, 3.8) is 0 Å². The first-order valence-electron chi connectivity index (χ1n) is 5.48. The van der Waals surface area contributed by atoms with E-state index >= 15 is 0 Å².